The Morgan fingerprint density at radius 1 is 1.32 bits per heavy atom. The highest BCUT2D eigenvalue weighted by Gasteiger charge is 2.23. The SMILES string of the molecule is Cc1ccc2cc(C(=O)N3CCC(O)CC3)[nH]c2c1. The number of likely N-dealkylation sites (tertiary alicyclic amines) is 1. The highest BCUT2D eigenvalue weighted by atomic mass is 16.3. The summed E-state index contributed by atoms with van der Waals surface area (Å²) < 4.78 is 0. The molecule has 1 amide bonds. The van der Waals surface area contributed by atoms with Crippen molar-refractivity contribution >= 4 is 16.8 Å². The van der Waals surface area contributed by atoms with Crippen LogP contribution >= 0.6 is 0 Å². The van der Waals surface area contributed by atoms with Gasteiger partial charge in [-0.2, -0.15) is 0 Å². The van der Waals surface area contributed by atoms with Gasteiger partial charge in [0.15, 0.2) is 0 Å². The molecular formula is C15H18N2O2. The molecule has 1 aromatic carbocycles. The highest BCUT2D eigenvalue weighted by molar-refractivity contribution is 5.98. The van der Waals surface area contributed by atoms with Crippen LogP contribution in [0.5, 0.6) is 0 Å². The summed E-state index contributed by atoms with van der Waals surface area (Å²) in [7, 11) is 0. The van der Waals surface area contributed by atoms with Gasteiger partial charge in [0.25, 0.3) is 5.91 Å². The van der Waals surface area contributed by atoms with Crippen molar-refractivity contribution in [3.05, 3.63) is 35.5 Å². The molecular weight excluding hydrogens is 240 g/mol. The summed E-state index contributed by atoms with van der Waals surface area (Å²) >= 11 is 0. The Hall–Kier alpha value is -1.81. The Morgan fingerprint density at radius 3 is 2.79 bits per heavy atom. The van der Waals surface area contributed by atoms with Gasteiger partial charge in [-0.3, -0.25) is 4.79 Å². The minimum Gasteiger partial charge on any atom is -0.393 e. The number of rotatable bonds is 1. The fourth-order valence-corrected chi connectivity index (χ4v) is 2.60. The van der Waals surface area contributed by atoms with Crippen molar-refractivity contribution in [3.8, 4) is 0 Å². The number of aromatic amines is 1. The largest absolute Gasteiger partial charge is 0.393 e. The summed E-state index contributed by atoms with van der Waals surface area (Å²) in [5, 5.41) is 10.5. The number of aryl methyl sites for hydroxylation is 1. The molecule has 3 rings (SSSR count). The summed E-state index contributed by atoms with van der Waals surface area (Å²) in [4.78, 5) is 17.4. The van der Waals surface area contributed by atoms with E-state index in [1.54, 1.807) is 0 Å². The Morgan fingerprint density at radius 2 is 2.05 bits per heavy atom. The van der Waals surface area contributed by atoms with Crippen molar-refractivity contribution in [1.29, 1.82) is 0 Å². The number of carbonyl (C=O) groups excluding carboxylic acids is 1. The maximum absolute atomic E-state index is 12.4. The number of hydrogen-bond donors (Lipinski definition) is 2. The smallest absolute Gasteiger partial charge is 0.270 e. The summed E-state index contributed by atoms with van der Waals surface area (Å²) in [6.45, 7) is 3.30. The number of hydrogen-bond acceptors (Lipinski definition) is 2. The lowest BCUT2D eigenvalue weighted by Gasteiger charge is -2.29. The van der Waals surface area contributed by atoms with Crippen LogP contribution in [0, 0.1) is 6.92 Å². The van der Waals surface area contributed by atoms with Gasteiger partial charge in [-0.15, -0.1) is 0 Å². The van der Waals surface area contributed by atoms with E-state index in [9.17, 15) is 9.90 Å². The van der Waals surface area contributed by atoms with E-state index in [0.717, 1.165) is 10.9 Å². The molecule has 1 fully saturated rings. The lowest BCUT2D eigenvalue weighted by molar-refractivity contribution is 0.0542. The first-order valence-corrected chi connectivity index (χ1v) is 6.70. The monoisotopic (exact) mass is 258 g/mol. The second-order valence-corrected chi connectivity index (χ2v) is 5.30. The zero-order chi connectivity index (χ0) is 13.4. The normalized spacial score (nSPS) is 17.1. The van der Waals surface area contributed by atoms with Gasteiger partial charge in [0.1, 0.15) is 5.69 Å². The van der Waals surface area contributed by atoms with E-state index in [2.05, 4.69) is 4.98 Å². The number of fused-ring (bicyclic) bond motifs is 1. The van der Waals surface area contributed by atoms with Crippen LogP contribution in [0.4, 0.5) is 0 Å². The van der Waals surface area contributed by atoms with Crippen molar-refractivity contribution in [2.75, 3.05) is 13.1 Å². The number of benzene rings is 1. The Labute approximate surface area is 112 Å². The van der Waals surface area contributed by atoms with E-state index in [1.807, 2.05) is 36.1 Å². The van der Waals surface area contributed by atoms with Crippen LogP contribution in [0.2, 0.25) is 0 Å². The molecule has 1 saturated heterocycles. The molecule has 0 unspecified atom stereocenters. The summed E-state index contributed by atoms with van der Waals surface area (Å²) in [6.07, 6.45) is 1.09. The summed E-state index contributed by atoms with van der Waals surface area (Å²) in [5.74, 6) is 0.0285. The lowest BCUT2D eigenvalue weighted by atomic mass is 10.1. The van der Waals surface area contributed by atoms with Crippen LogP contribution in [-0.4, -0.2) is 40.1 Å². The Bertz CT molecular complexity index is 610. The second-order valence-electron chi connectivity index (χ2n) is 5.30. The molecule has 0 radical (unpaired) electrons. The van der Waals surface area contributed by atoms with Crippen LogP contribution in [-0.2, 0) is 0 Å². The van der Waals surface area contributed by atoms with Crippen molar-refractivity contribution < 1.29 is 9.90 Å². The molecule has 4 heteroatoms. The minimum absolute atomic E-state index is 0.0285. The van der Waals surface area contributed by atoms with Crippen LogP contribution in [0.1, 0.15) is 28.9 Å². The van der Waals surface area contributed by atoms with E-state index in [-0.39, 0.29) is 12.0 Å². The molecule has 100 valence electrons. The van der Waals surface area contributed by atoms with E-state index >= 15 is 0 Å². The third-order valence-corrected chi connectivity index (χ3v) is 3.76. The maximum atomic E-state index is 12.4. The molecule has 1 aliphatic rings. The van der Waals surface area contributed by atoms with E-state index in [4.69, 9.17) is 0 Å². The molecule has 0 saturated carbocycles. The van der Waals surface area contributed by atoms with Crippen molar-refractivity contribution in [1.82, 2.24) is 9.88 Å². The third kappa shape index (κ3) is 2.36. The van der Waals surface area contributed by atoms with Crippen molar-refractivity contribution in [2.24, 2.45) is 0 Å². The zero-order valence-electron chi connectivity index (χ0n) is 11.0. The molecule has 0 atom stereocenters. The van der Waals surface area contributed by atoms with Crippen molar-refractivity contribution in [2.45, 2.75) is 25.9 Å². The van der Waals surface area contributed by atoms with Gasteiger partial charge in [-0.05, 0) is 37.5 Å². The number of aliphatic hydroxyl groups is 1. The first kappa shape index (κ1) is 12.2. The zero-order valence-corrected chi connectivity index (χ0v) is 11.0. The van der Waals surface area contributed by atoms with Crippen LogP contribution < -0.4 is 0 Å². The molecule has 1 aliphatic heterocycles. The summed E-state index contributed by atoms with van der Waals surface area (Å²) in [6, 6.07) is 8.02. The van der Waals surface area contributed by atoms with Crippen LogP contribution in [0.25, 0.3) is 10.9 Å². The number of nitrogens with zero attached hydrogens (tertiary/aromatic N) is 1. The van der Waals surface area contributed by atoms with Gasteiger partial charge in [-0.1, -0.05) is 12.1 Å². The molecule has 4 nitrogen and oxygen atoms in total. The Kier molecular flexibility index (Phi) is 3.03. The fourth-order valence-electron chi connectivity index (χ4n) is 2.60. The fraction of sp³-hybridized carbons (Fsp3) is 0.400. The molecule has 0 spiro atoms. The Balaban J connectivity index is 1.85. The quantitative estimate of drug-likeness (QED) is 0.822. The van der Waals surface area contributed by atoms with Gasteiger partial charge in [0.2, 0.25) is 0 Å². The maximum Gasteiger partial charge on any atom is 0.270 e. The van der Waals surface area contributed by atoms with E-state index < -0.39 is 0 Å². The van der Waals surface area contributed by atoms with Crippen LogP contribution in [0.15, 0.2) is 24.3 Å². The molecule has 2 aromatic rings. The average Bonchev–Trinajstić information content (AvgIpc) is 2.81. The number of aliphatic hydroxyl groups excluding tert-OH is 1. The summed E-state index contributed by atoms with van der Waals surface area (Å²) in [5.41, 5.74) is 2.81. The number of H-pyrrole nitrogens is 1. The molecule has 19 heavy (non-hydrogen) atoms. The number of carbonyl (C=O) groups is 1. The standard InChI is InChI=1S/C15H18N2O2/c1-10-2-3-11-9-14(16-13(11)8-10)15(19)17-6-4-12(18)5-7-17/h2-3,8-9,12,16,18H,4-7H2,1H3. The highest BCUT2D eigenvalue weighted by Crippen LogP contribution is 2.19. The second kappa shape index (κ2) is 4.70. The number of aromatic nitrogens is 1. The van der Waals surface area contributed by atoms with Gasteiger partial charge >= 0.3 is 0 Å². The minimum atomic E-state index is -0.255. The lowest BCUT2D eigenvalue weighted by Crippen LogP contribution is -2.40. The first-order chi connectivity index (χ1) is 9.13. The first-order valence-electron chi connectivity index (χ1n) is 6.70. The number of amides is 1. The molecule has 1 aromatic heterocycles. The number of piperidine rings is 1. The predicted octanol–water partition coefficient (Wildman–Crippen LogP) is 2.07. The van der Waals surface area contributed by atoms with Gasteiger partial charge in [-0.25, -0.2) is 0 Å². The van der Waals surface area contributed by atoms with Crippen molar-refractivity contribution in [3.63, 3.8) is 0 Å². The van der Waals surface area contributed by atoms with Gasteiger partial charge < -0.3 is 15.0 Å². The molecule has 0 bridgehead atoms. The van der Waals surface area contributed by atoms with E-state index in [0.29, 0.717) is 31.6 Å². The molecule has 2 heterocycles. The molecule has 2 N–H and O–H groups in total. The predicted molar refractivity (Wildman–Crippen MR) is 74.2 cm³/mol. The van der Waals surface area contributed by atoms with Gasteiger partial charge in [0.05, 0.1) is 6.10 Å². The molecule has 0 aliphatic carbocycles. The third-order valence-electron chi connectivity index (χ3n) is 3.76. The topological polar surface area (TPSA) is 56.3 Å². The number of nitrogens with one attached hydrogen (secondary N) is 1. The van der Waals surface area contributed by atoms with Gasteiger partial charge in [0, 0.05) is 24.0 Å². The average molecular weight is 258 g/mol. The van der Waals surface area contributed by atoms with E-state index in [1.165, 1.54) is 5.56 Å². The van der Waals surface area contributed by atoms with Crippen LogP contribution in [0.3, 0.4) is 0 Å².